The van der Waals surface area contributed by atoms with Crippen LogP contribution in [0.25, 0.3) is 5.65 Å². The molecule has 1 unspecified atom stereocenters. The predicted molar refractivity (Wildman–Crippen MR) is 78.8 cm³/mol. The molecule has 0 N–H and O–H groups in total. The number of rotatable bonds is 2. The summed E-state index contributed by atoms with van der Waals surface area (Å²) in [6.07, 6.45) is -1.50. The zero-order valence-corrected chi connectivity index (χ0v) is 12.9. The van der Waals surface area contributed by atoms with Crippen LogP contribution < -0.4 is 4.90 Å². The summed E-state index contributed by atoms with van der Waals surface area (Å²) in [4.78, 5) is 6.28. The van der Waals surface area contributed by atoms with Gasteiger partial charge in [-0.25, -0.2) is 4.98 Å². The minimum Gasteiger partial charge on any atom is -0.354 e. The van der Waals surface area contributed by atoms with Crippen LogP contribution in [-0.2, 0) is 5.33 Å². The summed E-state index contributed by atoms with van der Waals surface area (Å²) in [5.41, 5.74) is 1.66. The van der Waals surface area contributed by atoms with Gasteiger partial charge in [-0.2, -0.15) is 13.2 Å². The smallest absolute Gasteiger partial charge is 0.354 e. The van der Waals surface area contributed by atoms with Gasteiger partial charge >= 0.3 is 6.18 Å². The van der Waals surface area contributed by atoms with Crippen molar-refractivity contribution in [1.29, 1.82) is 0 Å². The monoisotopic (exact) mass is 361 g/mol. The molecule has 0 spiro atoms. The number of aromatic nitrogens is 2. The SMILES string of the molecule is FC(F)(F)C1CCCN(c2nc3ccccn3c2CBr)C1. The molecule has 1 saturated heterocycles. The lowest BCUT2D eigenvalue weighted by Crippen LogP contribution is -2.42. The molecule has 114 valence electrons. The molecule has 3 rings (SSSR count). The van der Waals surface area contributed by atoms with E-state index in [0.717, 1.165) is 11.3 Å². The van der Waals surface area contributed by atoms with Crippen molar-refractivity contribution in [3.63, 3.8) is 0 Å². The van der Waals surface area contributed by atoms with Crippen molar-refractivity contribution in [2.45, 2.75) is 24.3 Å². The number of pyridine rings is 1. The molecule has 1 aliphatic heterocycles. The topological polar surface area (TPSA) is 20.5 Å². The average molecular weight is 362 g/mol. The quantitative estimate of drug-likeness (QED) is 0.753. The Labute approximate surface area is 128 Å². The number of piperidine rings is 1. The third-order valence-corrected chi connectivity index (χ3v) is 4.45. The molecule has 1 fully saturated rings. The van der Waals surface area contributed by atoms with Gasteiger partial charge in [0.15, 0.2) is 5.82 Å². The number of hydrogen-bond donors (Lipinski definition) is 0. The second kappa shape index (κ2) is 5.51. The van der Waals surface area contributed by atoms with Gasteiger partial charge in [-0.1, -0.05) is 22.0 Å². The number of alkyl halides is 4. The maximum atomic E-state index is 13.0. The third kappa shape index (κ3) is 2.75. The van der Waals surface area contributed by atoms with Crippen molar-refractivity contribution in [1.82, 2.24) is 9.38 Å². The first-order valence-corrected chi connectivity index (χ1v) is 7.96. The molecule has 3 heterocycles. The van der Waals surface area contributed by atoms with Crippen molar-refractivity contribution in [2.75, 3.05) is 18.0 Å². The summed E-state index contributed by atoms with van der Waals surface area (Å²) in [7, 11) is 0. The number of nitrogens with zero attached hydrogens (tertiary/aromatic N) is 3. The molecule has 0 bridgehead atoms. The largest absolute Gasteiger partial charge is 0.393 e. The van der Waals surface area contributed by atoms with Crippen LogP contribution in [0.3, 0.4) is 0 Å². The summed E-state index contributed by atoms with van der Waals surface area (Å²) in [5.74, 6) is -0.605. The highest BCUT2D eigenvalue weighted by atomic mass is 79.9. The second-order valence-corrected chi connectivity index (χ2v) is 5.83. The molecule has 3 nitrogen and oxygen atoms in total. The van der Waals surface area contributed by atoms with Crippen molar-refractivity contribution in [3.05, 3.63) is 30.1 Å². The molecular weight excluding hydrogens is 347 g/mol. The predicted octanol–water partition coefficient (Wildman–Crippen LogP) is 4.01. The lowest BCUT2D eigenvalue weighted by molar-refractivity contribution is -0.176. The molecule has 0 amide bonds. The molecule has 2 aromatic heterocycles. The van der Waals surface area contributed by atoms with Gasteiger partial charge in [0.05, 0.1) is 11.6 Å². The van der Waals surface area contributed by atoms with E-state index in [1.807, 2.05) is 28.8 Å². The van der Waals surface area contributed by atoms with Crippen molar-refractivity contribution in [3.8, 4) is 0 Å². The number of hydrogen-bond acceptors (Lipinski definition) is 2. The normalized spacial score (nSPS) is 20.2. The minimum absolute atomic E-state index is 0.00657. The molecule has 0 saturated carbocycles. The highest BCUT2D eigenvalue weighted by Gasteiger charge is 2.42. The Balaban J connectivity index is 1.96. The Bertz CT molecular complexity index is 638. The van der Waals surface area contributed by atoms with E-state index < -0.39 is 12.1 Å². The highest BCUT2D eigenvalue weighted by Crippen LogP contribution is 2.35. The van der Waals surface area contributed by atoms with E-state index in [-0.39, 0.29) is 13.0 Å². The standard InChI is InChI=1S/C14H15BrF3N3/c15-8-11-13(19-12-5-1-2-7-21(11)12)20-6-3-4-10(9-20)14(16,17)18/h1-2,5,7,10H,3-4,6,8-9H2. The van der Waals surface area contributed by atoms with Crippen LogP contribution in [0.4, 0.5) is 19.0 Å². The minimum atomic E-state index is -4.13. The molecule has 0 aromatic carbocycles. The van der Waals surface area contributed by atoms with Gasteiger partial charge in [0, 0.05) is 24.6 Å². The second-order valence-electron chi connectivity index (χ2n) is 5.27. The Kier molecular flexibility index (Phi) is 3.86. The van der Waals surface area contributed by atoms with E-state index in [1.54, 1.807) is 4.90 Å². The fourth-order valence-corrected chi connectivity index (χ4v) is 3.37. The number of imidazole rings is 1. The molecule has 1 aliphatic rings. The van der Waals surface area contributed by atoms with E-state index in [1.165, 1.54) is 0 Å². The maximum Gasteiger partial charge on any atom is 0.393 e. The van der Waals surface area contributed by atoms with Crippen molar-refractivity contribution < 1.29 is 13.2 Å². The van der Waals surface area contributed by atoms with Crippen LogP contribution in [0.15, 0.2) is 24.4 Å². The first-order chi connectivity index (χ1) is 10.0. The van der Waals surface area contributed by atoms with E-state index >= 15 is 0 Å². The average Bonchev–Trinajstić information content (AvgIpc) is 2.85. The molecule has 21 heavy (non-hydrogen) atoms. The number of fused-ring (bicyclic) bond motifs is 1. The van der Waals surface area contributed by atoms with E-state index in [0.29, 0.717) is 24.1 Å². The lowest BCUT2D eigenvalue weighted by atomic mass is 9.97. The first kappa shape index (κ1) is 14.7. The summed E-state index contributed by atoms with van der Waals surface area (Å²) >= 11 is 3.42. The Morgan fingerprint density at radius 2 is 2.14 bits per heavy atom. The fraction of sp³-hybridized carbons (Fsp3) is 0.500. The van der Waals surface area contributed by atoms with E-state index in [9.17, 15) is 13.2 Å². The van der Waals surface area contributed by atoms with Gasteiger partial charge in [0.2, 0.25) is 0 Å². The van der Waals surface area contributed by atoms with E-state index in [2.05, 4.69) is 20.9 Å². The number of halogens is 4. The summed E-state index contributed by atoms with van der Waals surface area (Å²) in [6, 6.07) is 5.62. The lowest BCUT2D eigenvalue weighted by Gasteiger charge is -2.34. The molecule has 1 atom stereocenters. The molecule has 0 radical (unpaired) electrons. The molecular formula is C14H15BrF3N3. The Morgan fingerprint density at radius 1 is 1.33 bits per heavy atom. The van der Waals surface area contributed by atoms with Gasteiger partial charge in [-0.3, -0.25) is 0 Å². The molecule has 2 aromatic rings. The first-order valence-electron chi connectivity index (χ1n) is 6.84. The zero-order chi connectivity index (χ0) is 15.0. The summed E-state index contributed by atoms with van der Waals surface area (Å²) < 4.78 is 40.8. The third-order valence-electron chi connectivity index (χ3n) is 3.92. The molecule has 0 aliphatic carbocycles. The summed E-state index contributed by atoms with van der Waals surface area (Å²) in [5, 5.41) is 0.556. The van der Waals surface area contributed by atoms with Crippen LogP contribution in [0.1, 0.15) is 18.5 Å². The number of anilines is 1. The van der Waals surface area contributed by atoms with Gasteiger partial charge in [0.1, 0.15) is 5.65 Å². The maximum absolute atomic E-state index is 13.0. The van der Waals surface area contributed by atoms with Gasteiger partial charge < -0.3 is 9.30 Å². The zero-order valence-electron chi connectivity index (χ0n) is 11.3. The van der Waals surface area contributed by atoms with E-state index in [4.69, 9.17) is 0 Å². The fourth-order valence-electron chi connectivity index (χ4n) is 2.85. The van der Waals surface area contributed by atoms with Gasteiger partial charge in [0.25, 0.3) is 0 Å². The van der Waals surface area contributed by atoms with Crippen molar-refractivity contribution >= 4 is 27.4 Å². The van der Waals surface area contributed by atoms with Crippen molar-refractivity contribution in [2.24, 2.45) is 5.92 Å². The van der Waals surface area contributed by atoms with Gasteiger partial charge in [-0.15, -0.1) is 0 Å². The van der Waals surface area contributed by atoms with Gasteiger partial charge in [-0.05, 0) is 25.0 Å². The summed E-state index contributed by atoms with van der Waals surface area (Å²) in [6.45, 7) is 0.615. The highest BCUT2D eigenvalue weighted by molar-refractivity contribution is 9.08. The van der Waals surface area contributed by atoms with Crippen LogP contribution in [0.5, 0.6) is 0 Å². The van der Waals surface area contributed by atoms with Crippen LogP contribution in [0, 0.1) is 5.92 Å². The molecule has 7 heteroatoms. The van der Waals surface area contributed by atoms with Crippen LogP contribution in [0.2, 0.25) is 0 Å². The van der Waals surface area contributed by atoms with Crippen LogP contribution in [-0.4, -0.2) is 28.7 Å². The Morgan fingerprint density at radius 3 is 2.86 bits per heavy atom. The van der Waals surface area contributed by atoms with Crippen LogP contribution >= 0.6 is 15.9 Å². The Hall–Kier alpha value is -1.24.